The summed E-state index contributed by atoms with van der Waals surface area (Å²) in [5.41, 5.74) is 4.00. The van der Waals surface area contributed by atoms with Crippen molar-refractivity contribution < 1.29 is 19.4 Å². The molecule has 0 saturated carbocycles. The minimum Gasteiger partial charge on any atom is -0.507 e. The third kappa shape index (κ3) is 4.98. The van der Waals surface area contributed by atoms with E-state index in [-0.39, 0.29) is 11.3 Å². The standard InChI is InChI=1S/C26H35N3O4/c1-7-14-33-20-11-8-10-19(15-20)23-22(24(30)21-16(2)17(3)27-18(21)4)25(31)26(32)29(23)13-9-12-28(5)6/h8,10-11,15,23,27,30H,7,9,12-14H2,1-6H3/b24-22+. The highest BCUT2D eigenvalue weighted by atomic mass is 16.5. The predicted octanol–water partition coefficient (Wildman–Crippen LogP) is 4.10. The Morgan fingerprint density at radius 1 is 1.18 bits per heavy atom. The van der Waals surface area contributed by atoms with E-state index in [1.54, 1.807) is 4.90 Å². The van der Waals surface area contributed by atoms with Crippen LogP contribution in [-0.2, 0) is 9.59 Å². The van der Waals surface area contributed by atoms with Gasteiger partial charge in [-0.2, -0.15) is 0 Å². The number of carbonyl (C=O) groups excluding carboxylic acids is 2. The Morgan fingerprint density at radius 3 is 2.52 bits per heavy atom. The lowest BCUT2D eigenvalue weighted by molar-refractivity contribution is -0.139. The molecule has 2 N–H and O–H groups in total. The first-order valence-electron chi connectivity index (χ1n) is 11.5. The number of aryl methyl sites for hydroxylation is 2. The van der Waals surface area contributed by atoms with Crippen molar-refractivity contribution in [2.24, 2.45) is 0 Å². The van der Waals surface area contributed by atoms with E-state index >= 15 is 0 Å². The monoisotopic (exact) mass is 453 g/mol. The van der Waals surface area contributed by atoms with Crippen molar-refractivity contribution in [1.29, 1.82) is 0 Å². The third-order valence-electron chi connectivity index (χ3n) is 6.12. The number of aromatic amines is 1. The highest BCUT2D eigenvalue weighted by molar-refractivity contribution is 6.46. The molecule has 1 saturated heterocycles. The maximum absolute atomic E-state index is 13.2. The molecule has 0 radical (unpaired) electrons. The Bertz CT molecular complexity index is 1070. The van der Waals surface area contributed by atoms with E-state index in [9.17, 15) is 14.7 Å². The number of aliphatic hydroxyl groups excluding tert-OH is 1. The number of rotatable bonds is 9. The highest BCUT2D eigenvalue weighted by Gasteiger charge is 2.46. The number of benzene rings is 1. The molecule has 0 spiro atoms. The highest BCUT2D eigenvalue weighted by Crippen LogP contribution is 2.41. The smallest absolute Gasteiger partial charge is 0.295 e. The Morgan fingerprint density at radius 2 is 1.91 bits per heavy atom. The zero-order valence-corrected chi connectivity index (χ0v) is 20.5. The Balaban J connectivity index is 2.14. The molecule has 1 atom stereocenters. The Kier molecular flexibility index (Phi) is 7.64. The Hall–Kier alpha value is -3.06. The number of Topliss-reactive ketones (excluding diaryl/α,β-unsaturated/α-hetero) is 1. The van der Waals surface area contributed by atoms with Crippen LogP contribution in [0.4, 0.5) is 0 Å². The second-order valence-electron chi connectivity index (χ2n) is 8.95. The average Bonchev–Trinajstić information content (AvgIpc) is 3.17. The minimum atomic E-state index is -0.675. The lowest BCUT2D eigenvalue weighted by atomic mass is 9.94. The van der Waals surface area contributed by atoms with Crippen LogP contribution >= 0.6 is 0 Å². The number of H-pyrrole nitrogens is 1. The van der Waals surface area contributed by atoms with Gasteiger partial charge in [0.25, 0.3) is 11.7 Å². The van der Waals surface area contributed by atoms with Gasteiger partial charge in [-0.1, -0.05) is 19.1 Å². The molecule has 1 amide bonds. The lowest BCUT2D eigenvalue weighted by Gasteiger charge is -2.26. The van der Waals surface area contributed by atoms with Crippen molar-refractivity contribution in [2.45, 2.75) is 46.6 Å². The van der Waals surface area contributed by atoms with Crippen molar-refractivity contribution in [3.05, 3.63) is 57.9 Å². The molecule has 1 aliphatic rings. The van der Waals surface area contributed by atoms with Crippen molar-refractivity contribution in [2.75, 3.05) is 33.8 Å². The van der Waals surface area contributed by atoms with Crippen LogP contribution < -0.4 is 4.74 Å². The maximum atomic E-state index is 13.2. The van der Waals surface area contributed by atoms with E-state index in [1.165, 1.54) is 0 Å². The third-order valence-corrected chi connectivity index (χ3v) is 6.12. The van der Waals surface area contributed by atoms with Crippen molar-refractivity contribution in [1.82, 2.24) is 14.8 Å². The van der Waals surface area contributed by atoms with Crippen LogP contribution in [0, 0.1) is 20.8 Å². The first-order valence-corrected chi connectivity index (χ1v) is 11.5. The summed E-state index contributed by atoms with van der Waals surface area (Å²) < 4.78 is 5.80. The van der Waals surface area contributed by atoms with Gasteiger partial charge in [0.15, 0.2) is 0 Å². The summed E-state index contributed by atoms with van der Waals surface area (Å²) in [6, 6.07) is 6.79. The van der Waals surface area contributed by atoms with Gasteiger partial charge in [0.05, 0.1) is 18.2 Å². The molecule has 7 nitrogen and oxygen atoms in total. The number of aromatic nitrogens is 1. The largest absolute Gasteiger partial charge is 0.507 e. The van der Waals surface area contributed by atoms with Crippen molar-refractivity contribution in [3.63, 3.8) is 0 Å². The molecule has 0 aliphatic carbocycles. The fourth-order valence-corrected chi connectivity index (χ4v) is 4.40. The van der Waals surface area contributed by atoms with Crippen LogP contribution in [0.25, 0.3) is 5.76 Å². The first kappa shape index (κ1) is 24.6. The molecule has 7 heteroatoms. The number of aliphatic hydroxyl groups is 1. The summed E-state index contributed by atoms with van der Waals surface area (Å²) in [7, 11) is 3.94. The molecule has 1 fully saturated rings. The lowest BCUT2D eigenvalue weighted by Crippen LogP contribution is -2.32. The summed E-state index contributed by atoms with van der Waals surface area (Å²) in [5, 5.41) is 11.4. The minimum absolute atomic E-state index is 0.127. The molecule has 0 bridgehead atoms. The molecule has 3 rings (SSSR count). The summed E-state index contributed by atoms with van der Waals surface area (Å²) >= 11 is 0. The molecule has 33 heavy (non-hydrogen) atoms. The average molecular weight is 454 g/mol. The molecule has 2 heterocycles. The second kappa shape index (κ2) is 10.3. The summed E-state index contributed by atoms with van der Waals surface area (Å²) in [4.78, 5) is 33.2. The van der Waals surface area contributed by atoms with Gasteiger partial charge in [0.2, 0.25) is 0 Å². The number of carbonyl (C=O) groups is 2. The number of ketones is 1. The maximum Gasteiger partial charge on any atom is 0.295 e. The number of hydrogen-bond acceptors (Lipinski definition) is 5. The number of nitrogens with one attached hydrogen (secondary N) is 1. The molecule has 178 valence electrons. The summed E-state index contributed by atoms with van der Waals surface area (Å²) in [5.74, 6) is -0.687. The molecule has 1 aromatic carbocycles. The van der Waals surface area contributed by atoms with Gasteiger partial charge >= 0.3 is 0 Å². The molecule has 1 aromatic heterocycles. The molecule has 1 aliphatic heterocycles. The summed E-state index contributed by atoms with van der Waals surface area (Å²) in [6.07, 6.45) is 1.59. The van der Waals surface area contributed by atoms with Crippen LogP contribution in [0.3, 0.4) is 0 Å². The van der Waals surface area contributed by atoms with Crippen LogP contribution in [0.5, 0.6) is 5.75 Å². The first-order chi connectivity index (χ1) is 15.7. The van der Waals surface area contributed by atoms with Crippen LogP contribution in [-0.4, -0.2) is 65.4 Å². The van der Waals surface area contributed by atoms with Gasteiger partial charge in [-0.25, -0.2) is 0 Å². The van der Waals surface area contributed by atoms with Gasteiger partial charge in [-0.3, -0.25) is 9.59 Å². The number of likely N-dealkylation sites (tertiary alicyclic amines) is 1. The van der Waals surface area contributed by atoms with Gasteiger partial charge < -0.3 is 24.6 Å². The van der Waals surface area contributed by atoms with Crippen LogP contribution in [0.2, 0.25) is 0 Å². The summed E-state index contributed by atoms with van der Waals surface area (Å²) in [6.45, 7) is 9.48. The van der Waals surface area contributed by atoms with Gasteiger partial charge in [-0.05, 0) is 77.5 Å². The van der Waals surface area contributed by atoms with Crippen LogP contribution in [0.15, 0.2) is 29.8 Å². The molecule has 2 aromatic rings. The SMILES string of the molecule is CCCOc1cccc(C2/C(=C(\O)c3c(C)[nH]c(C)c3C)C(=O)C(=O)N2CCCN(C)C)c1. The topological polar surface area (TPSA) is 85.9 Å². The van der Waals surface area contributed by atoms with E-state index in [0.29, 0.717) is 30.9 Å². The van der Waals surface area contributed by atoms with E-state index < -0.39 is 17.7 Å². The number of amides is 1. The van der Waals surface area contributed by atoms with Crippen molar-refractivity contribution in [3.8, 4) is 5.75 Å². The van der Waals surface area contributed by atoms with Crippen molar-refractivity contribution >= 4 is 17.4 Å². The van der Waals surface area contributed by atoms with E-state index in [0.717, 1.165) is 35.5 Å². The zero-order valence-electron chi connectivity index (χ0n) is 20.5. The molecular formula is C26H35N3O4. The van der Waals surface area contributed by atoms with Gasteiger partial charge in [-0.15, -0.1) is 0 Å². The normalized spacial score (nSPS) is 17.9. The Labute approximate surface area is 196 Å². The fraction of sp³-hybridized carbons (Fsp3) is 0.462. The number of nitrogens with zero attached hydrogens (tertiary/aromatic N) is 2. The molecular weight excluding hydrogens is 418 g/mol. The zero-order chi connectivity index (χ0) is 24.3. The van der Waals surface area contributed by atoms with E-state index in [2.05, 4.69) is 4.98 Å². The van der Waals surface area contributed by atoms with E-state index in [1.807, 2.05) is 71.0 Å². The number of ether oxygens (including phenoxy) is 1. The van der Waals surface area contributed by atoms with Gasteiger partial charge in [0.1, 0.15) is 11.5 Å². The van der Waals surface area contributed by atoms with Gasteiger partial charge in [0, 0.05) is 23.5 Å². The predicted molar refractivity (Wildman–Crippen MR) is 129 cm³/mol. The quantitative estimate of drug-likeness (QED) is 0.339. The second-order valence-corrected chi connectivity index (χ2v) is 8.95. The van der Waals surface area contributed by atoms with Crippen LogP contribution in [0.1, 0.15) is 53.9 Å². The van der Waals surface area contributed by atoms with E-state index in [4.69, 9.17) is 4.74 Å². The molecule has 1 unspecified atom stereocenters. The fourth-order valence-electron chi connectivity index (χ4n) is 4.40. The number of hydrogen-bond donors (Lipinski definition) is 2.